The van der Waals surface area contributed by atoms with Gasteiger partial charge < -0.3 is 10.1 Å². The molecule has 0 saturated carbocycles. The van der Waals surface area contributed by atoms with Crippen molar-refractivity contribution in [3.63, 3.8) is 0 Å². The zero-order valence-electron chi connectivity index (χ0n) is 12.0. The van der Waals surface area contributed by atoms with Crippen LogP contribution in [-0.2, 0) is 16.1 Å². The van der Waals surface area contributed by atoms with Gasteiger partial charge in [0.15, 0.2) is 0 Å². The summed E-state index contributed by atoms with van der Waals surface area (Å²) in [4.78, 5) is 25.0. The van der Waals surface area contributed by atoms with Gasteiger partial charge >= 0.3 is 5.97 Å². The predicted octanol–water partition coefficient (Wildman–Crippen LogP) is 2.84. The van der Waals surface area contributed by atoms with Crippen LogP contribution in [0.4, 0.5) is 0 Å². The lowest BCUT2D eigenvalue weighted by Gasteiger charge is -2.06. The van der Waals surface area contributed by atoms with Gasteiger partial charge in [0, 0.05) is 4.88 Å². The first kappa shape index (κ1) is 15.3. The second kappa shape index (κ2) is 7.04. The van der Waals surface area contributed by atoms with Gasteiger partial charge in [-0.25, -0.2) is 0 Å². The van der Waals surface area contributed by atoms with Crippen molar-refractivity contribution in [1.82, 2.24) is 5.32 Å². The Morgan fingerprint density at radius 3 is 2.67 bits per heavy atom. The molecule has 2 rings (SSSR count). The van der Waals surface area contributed by atoms with Gasteiger partial charge in [0.05, 0.1) is 4.88 Å². The molecule has 1 aromatic heterocycles. The maximum absolute atomic E-state index is 11.8. The summed E-state index contributed by atoms with van der Waals surface area (Å²) in [6.07, 6.45) is 0. The van der Waals surface area contributed by atoms with Gasteiger partial charge in [0.25, 0.3) is 5.91 Å². The van der Waals surface area contributed by atoms with Gasteiger partial charge in [-0.1, -0.05) is 29.8 Å². The van der Waals surface area contributed by atoms with Gasteiger partial charge in [0.1, 0.15) is 13.2 Å². The lowest BCUT2D eigenvalue weighted by Crippen LogP contribution is -2.30. The number of nitrogens with one attached hydrogen (secondary N) is 1. The summed E-state index contributed by atoms with van der Waals surface area (Å²) in [6.45, 7) is 4.00. The van der Waals surface area contributed by atoms with Crippen LogP contribution in [0, 0.1) is 13.8 Å². The van der Waals surface area contributed by atoms with Crippen LogP contribution in [0.2, 0.25) is 0 Å². The Kier molecular flexibility index (Phi) is 5.11. The summed E-state index contributed by atoms with van der Waals surface area (Å²) in [5, 5.41) is 2.56. The Bertz CT molecular complexity index is 648. The minimum atomic E-state index is -0.446. The predicted molar refractivity (Wildman–Crippen MR) is 82.4 cm³/mol. The number of hydrogen-bond acceptors (Lipinski definition) is 4. The molecule has 0 fully saturated rings. The van der Waals surface area contributed by atoms with Crippen LogP contribution < -0.4 is 5.32 Å². The molecule has 1 aromatic carbocycles. The van der Waals surface area contributed by atoms with E-state index in [2.05, 4.69) is 5.32 Å². The van der Waals surface area contributed by atoms with Gasteiger partial charge in [-0.3, -0.25) is 9.59 Å². The Balaban J connectivity index is 1.76. The average Bonchev–Trinajstić information content (AvgIpc) is 2.89. The fourth-order valence-electron chi connectivity index (χ4n) is 1.81. The van der Waals surface area contributed by atoms with Crippen molar-refractivity contribution in [2.75, 3.05) is 6.54 Å². The molecular formula is C16H17NO3S. The lowest BCUT2D eigenvalue weighted by molar-refractivity contribution is -0.143. The molecule has 21 heavy (non-hydrogen) atoms. The molecule has 5 heteroatoms. The summed E-state index contributed by atoms with van der Waals surface area (Å²) < 4.78 is 5.12. The molecule has 0 bridgehead atoms. The Labute approximate surface area is 127 Å². The first-order valence-electron chi connectivity index (χ1n) is 6.60. The minimum absolute atomic E-state index is 0.123. The first-order chi connectivity index (χ1) is 10.0. The maximum Gasteiger partial charge on any atom is 0.325 e. The molecule has 0 spiro atoms. The lowest BCUT2D eigenvalue weighted by atomic mass is 10.1. The molecule has 1 amide bonds. The molecule has 0 aliphatic rings. The molecule has 1 N–H and O–H groups in total. The molecule has 0 atom stereocenters. The molecule has 110 valence electrons. The van der Waals surface area contributed by atoms with E-state index in [-0.39, 0.29) is 19.1 Å². The number of amides is 1. The van der Waals surface area contributed by atoms with Crippen molar-refractivity contribution >= 4 is 23.2 Å². The fraction of sp³-hybridized carbons (Fsp3) is 0.250. The zero-order valence-corrected chi connectivity index (χ0v) is 12.8. The average molecular weight is 303 g/mol. The van der Waals surface area contributed by atoms with E-state index in [1.54, 1.807) is 6.07 Å². The number of esters is 1. The van der Waals surface area contributed by atoms with Crippen molar-refractivity contribution < 1.29 is 14.3 Å². The highest BCUT2D eigenvalue weighted by atomic mass is 32.1. The van der Waals surface area contributed by atoms with E-state index in [0.717, 1.165) is 16.0 Å². The Hall–Kier alpha value is -2.14. The highest BCUT2D eigenvalue weighted by molar-refractivity contribution is 7.13. The zero-order chi connectivity index (χ0) is 15.2. The van der Waals surface area contributed by atoms with E-state index in [4.69, 9.17) is 4.74 Å². The molecule has 0 saturated heterocycles. The number of benzene rings is 1. The van der Waals surface area contributed by atoms with E-state index in [0.29, 0.717) is 4.88 Å². The number of carbonyl (C=O) groups is 2. The minimum Gasteiger partial charge on any atom is -0.460 e. The monoisotopic (exact) mass is 303 g/mol. The van der Waals surface area contributed by atoms with E-state index in [1.165, 1.54) is 11.3 Å². The van der Waals surface area contributed by atoms with Crippen LogP contribution >= 0.6 is 11.3 Å². The van der Waals surface area contributed by atoms with E-state index >= 15 is 0 Å². The van der Waals surface area contributed by atoms with Crippen LogP contribution in [0.3, 0.4) is 0 Å². The van der Waals surface area contributed by atoms with Gasteiger partial charge in [-0.2, -0.15) is 0 Å². The summed E-state index contributed by atoms with van der Waals surface area (Å²) in [7, 11) is 0. The second-order valence-corrected chi connectivity index (χ2v) is 6.03. The molecule has 0 unspecified atom stereocenters. The fourth-order valence-corrected chi connectivity index (χ4v) is 2.60. The van der Waals surface area contributed by atoms with E-state index < -0.39 is 5.97 Å². The third kappa shape index (κ3) is 4.72. The SMILES string of the molecule is Cc1cccc(COC(=O)CNC(=O)c2ccc(C)s2)c1. The first-order valence-corrected chi connectivity index (χ1v) is 7.42. The topological polar surface area (TPSA) is 55.4 Å². The van der Waals surface area contributed by atoms with Gasteiger partial charge in [-0.05, 0) is 31.5 Å². The van der Waals surface area contributed by atoms with Crippen LogP contribution in [0.15, 0.2) is 36.4 Å². The van der Waals surface area contributed by atoms with Crippen LogP contribution in [-0.4, -0.2) is 18.4 Å². The van der Waals surface area contributed by atoms with E-state index in [9.17, 15) is 9.59 Å². The van der Waals surface area contributed by atoms with Crippen molar-refractivity contribution in [2.24, 2.45) is 0 Å². The van der Waals surface area contributed by atoms with Crippen LogP contribution in [0.5, 0.6) is 0 Å². The van der Waals surface area contributed by atoms with Gasteiger partial charge in [0.2, 0.25) is 0 Å². The maximum atomic E-state index is 11.8. The molecule has 0 aliphatic heterocycles. The molecule has 2 aromatic rings. The third-order valence-corrected chi connectivity index (χ3v) is 3.84. The number of carbonyl (C=O) groups excluding carboxylic acids is 2. The Morgan fingerprint density at radius 2 is 2.00 bits per heavy atom. The number of ether oxygens (including phenoxy) is 1. The third-order valence-electron chi connectivity index (χ3n) is 2.84. The summed E-state index contributed by atoms with van der Waals surface area (Å²) in [5.41, 5.74) is 2.05. The van der Waals surface area contributed by atoms with Crippen LogP contribution in [0.1, 0.15) is 25.7 Å². The number of aryl methyl sites for hydroxylation is 2. The van der Waals surface area contributed by atoms with Crippen molar-refractivity contribution in [2.45, 2.75) is 20.5 Å². The summed E-state index contributed by atoms with van der Waals surface area (Å²) in [5.74, 6) is -0.696. The number of hydrogen-bond donors (Lipinski definition) is 1. The number of rotatable bonds is 5. The van der Waals surface area contributed by atoms with Crippen molar-refractivity contribution in [3.8, 4) is 0 Å². The van der Waals surface area contributed by atoms with Crippen LogP contribution in [0.25, 0.3) is 0 Å². The molecular weight excluding hydrogens is 286 g/mol. The second-order valence-electron chi connectivity index (χ2n) is 4.74. The van der Waals surface area contributed by atoms with Crippen molar-refractivity contribution in [3.05, 3.63) is 57.3 Å². The number of thiophene rings is 1. The highest BCUT2D eigenvalue weighted by Gasteiger charge is 2.10. The summed E-state index contributed by atoms with van der Waals surface area (Å²) in [6, 6.07) is 11.4. The molecule has 4 nitrogen and oxygen atoms in total. The quantitative estimate of drug-likeness (QED) is 0.864. The highest BCUT2D eigenvalue weighted by Crippen LogP contribution is 2.14. The normalized spacial score (nSPS) is 10.2. The standard InChI is InChI=1S/C16H17NO3S/c1-11-4-3-5-13(8-11)10-20-15(18)9-17-16(19)14-7-6-12(2)21-14/h3-8H,9-10H2,1-2H3,(H,17,19). The summed E-state index contributed by atoms with van der Waals surface area (Å²) >= 11 is 1.40. The molecule has 1 heterocycles. The van der Waals surface area contributed by atoms with Crippen molar-refractivity contribution in [1.29, 1.82) is 0 Å². The molecule has 0 aliphatic carbocycles. The van der Waals surface area contributed by atoms with Gasteiger partial charge in [-0.15, -0.1) is 11.3 Å². The largest absolute Gasteiger partial charge is 0.460 e. The van der Waals surface area contributed by atoms with E-state index in [1.807, 2.05) is 44.2 Å². The smallest absolute Gasteiger partial charge is 0.325 e. The molecule has 0 radical (unpaired) electrons. The Morgan fingerprint density at radius 1 is 1.19 bits per heavy atom.